The number of aromatic nitrogens is 1. The Kier molecular flexibility index (Phi) is 7.07. The van der Waals surface area contributed by atoms with Gasteiger partial charge in [-0.3, -0.25) is 14.4 Å². The Morgan fingerprint density at radius 3 is 2.34 bits per heavy atom. The third-order valence-corrected chi connectivity index (χ3v) is 4.33. The van der Waals surface area contributed by atoms with Gasteiger partial charge in [0, 0.05) is 27.5 Å². The van der Waals surface area contributed by atoms with Gasteiger partial charge in [0.05, 0.1) is 0 Å². The molecule has 156 valence electrons. The summed E-state index contributed by atoms with van der Waals surface area (Å²) in [6.07, 6.45) is -4.43. The molecule has 0 spiro atoms. The number of aryl methyl sites for hydroxylation is 1. The zero-order valence-electron chi connectivity index (χ0n) is 15.6. The maximum absolute atomic E-state index is 12.6. The van der Waals surface area contributed by atoms with E-state index >= 15 is 0 Å². The minimum atomic E-state index is -4.43. The zero-order chi connectivity index (χ0) is 21.8. The second-order valence-electron chi connectivity index (χ2n) is 6.26. The number of nitrogens with one attached hydrogen (secondary N) is 1. The van der Waals surface area contributed by atoms with Crippen LogP contribution in [0.3, 0.4) is 0 Å². The van der Waals surface area contributed by atoms with Crippen molar-refractivity contribution in [2.24, 2.45) is 0 Å². The first-order valence-corrected chi connectivity index (χ1v) is 8.82. The van der Waals surface area contributed by atoms with Gasteiger partial charge in [-0.25, -0.2) is 0 Å². The van der Waals surface area contributed by atoms with Crippen molar-refractivity contribution in [3.63, 3.8) is 0 Å². The van der Waals surface area contributed by atoms with Gasteiger partial charge in [0.2, 0.25) is 5.78 Å². The predicted molar refractivity (Wildman–Crippen MR) is 99.0 cm³/mol. The molecule has 0 saturated carbocycles. The van der Waals surface area contributed by atoms with Crippen molar-refractivity contribution < 1.29 is 32.3 Å². The first kappa shape index (κ1) is 22.5. The van der Waals surface area contributed by atoms with Crippen LogP contribution >= 0.6 is 11.6 Å². The van der Waals surface area contributed by atoms with Crippen LogP contribution in [0.15, 0.2) is 30.3 Å². The lowest BCUT2D eigenvalue weighted by molar-refractivity contribution is -0.141. The molecule has 2 aromatic rings. The van der Waals surface area contributed by atoms with E-state index in [4.69, 9.17) is 16.3 Å². The molecule has 0 radical (unpaired) electrons. The minimum absolute atomic E-state index is 0.0461. The Bertz CT molecular complexity index is 921. The number of esters is 1. The minimum Gasteiger partial charge on any atom is -0.456 e. The molecule has 1 heterocycles. The molecule has 6 nitrogen and oxygen atoms in total. The van der Waals surface area contributed by atoms with Crippen molar-refractivity contribution in [3.05, 3.63) is 57.9 Å². The second kappa shape index (κ2) is 9.13. The number of rotatable bonds is 7. The van der Waals surface area contributed by atoms with E-state index in [0.29, 0.717) is 5.02 Å². The van der Waals surface area contributed by atoms with Crippen molar-refractivity contribution in [1.29, 1.82) is 0 Å². The van der Waals surface area contributed by atoms with E-state index in [1.165, 1.54) is 44.2 Å². The van der Waals surface area contributed by atoms with Crippen molar-refractivity contribution >= 4 is 29.3 Å². The second-order valence-corrected chi connectivity index (χ2v) is 6.70. The van der Waals surface area contributed by atoms with E-state index in [9.17, 15) is 27.6 Å². The van der Waals surface area contributed by atoms with Crippen LogP contribution in [0, 0.1) is 13.8 Å². The predicted octanol–water partition coefficient (Wildman–Crippen LogP) is 3.48. The number of amides is 1. The highest BCUT2D eigenvalue weighted by Gasteiger charge is 2.30. The maximum Gasteiger partial charge on any atom is 0.406 e. The summed E-state index contributed by atoms with van der Waals surface area (Å²) in [4.78, 5) is 35.9. The molecule has 0 unspecified atom stereocenters. The molecule has 0 aliphatic heterocycles. The third-order valence-electron chi connectivity index (χ3n) is 4.08. The average Bonchev–Trinajstić information content (AvgIpc) is 2.91. The fourth-order valence-corrected chi connectivity index (χ4v) is 2.76. The number of halogens is 4. The summed E-state index contributed by atoms with van der Waals surface area (Å²) in [6.45, 7) is 0.510. The first-order valence-electron chi connectivity index (χ1n) is 8.44. The molecule has 10 heteroatoms. The molecule has 0 saturated heterocycles. The lowest BCUT2D eigenvalue weighted by Gasteiger charge is -2.12. The van der Waals surface area contributed by atoms with Gasteiger partial charge >= 0.3 is 12.1 Å². The van der Waals surface area contributed by atoms with Crippen molar-refractivity contribution in [1.82, 2.24) is 9.88 Å². The van der Waals surface area contributed by atoms with E-state index in [2.05, 4.69) is 5.32 Å². The zero-order valence-corrected chi connectivity index (χ0v) is 16.4. The number of hydrogen-bond donors (Lipinski definition) is 1. The fraction of sp³-hybridized carbons (Fsp3) is 0.316. The smallest absolute Gasteiger partial charge is 0.406 e. The summed E-state index contributed by atoms with van der Waals surface area (Å²) in [5, 5.41) is 2.79. The van der Waals surface area contributed by atoms with Crippen molar-refractivity contribution in [2.45, 2.75) is 26.6 Å². The number of hydrogen-bond acceptors (Lipinski definition) is 4. The Morgan fingerprint density at radius 1 is 1.14 bits per heavy atom. The summed E-state index contributed by atoms with van der Waals surface area (Å²) in [5.41, 5.74) is 0.738. The molecule has 29 heavy (non-hydrogen) atoms. The highest BCUT2D eigenvalue weighted by atomic mass is 35.5. The summed E-state index contributed by atoms with van der Waals surface area (Å²) in [6, 6.07) is 7.30. The van der Waals surface area contributed by atoms with Crippen LogP contribution in [0.2, 0.25) is 5.02 Å². The molecule has 0 atom stereocenters. The van der Waals surface area contributed by atoms with E-state index in [1.807, 2.05) is 0 Å². The number of carbonyl (C=O) groups is 3. The van der Waals surface area contributed by atoms with Crippen LogP contribution in [0.4, 0.5) is 13.2 Å². The van der Waals surface area contributed by atoms with Gasteiger partial charge in [-0.15, -0.1) is 0 Å². The van der Waals surface area contributed by atoms with Crippen LogP contribution in [0.25, 0.3) is 0 Å². The molecule has 1 aromatic heterocycles. The SMILES string of the molecule is Cc1cc(C(=O)COC(=O)CNC(=O)c2ccc(Cl)cc2)c(C)n1CC(F)(F)F. The van der Waals surface area contributed by atoms with Crippen LogP contribution in [0.1, 0.15) is 32.1 Å². The quantitative estimate of drug-likeness (QED) is 0.539. The van der Waals surface area contributed by atoms with E-state index in [1.54, 1.807) is 0 Å². The Labute approximate surface area is 169 Å². The lowest BCUT2D eigenvalue weighted by Crippen LogP contribution is -2.31. The molecule has 0 aliphatic carbocycles. The van der Waals surface area contributed by atoms with Crippen molar-refractivity contribution in [2.75, 3.05) is 13.2 Å². The first-order chi connectivity index (χ1) is 13.5. The number of Topliss-reactive ketones (excluding diaryl/α,β-unsaturated/α-hetero) is 1. The van der Waals surface area contributed by atoms with Gasteiger partial charge in [0.25, 0.3) is 5.91 Å². The topological polar surface area (TPSA) is 77.4 Å². The molecular weight excluding hydrogens is 413 g/mol. The number of benzene rings is 1. The molecule has 1 aromatic carbocycles. The number of ketones is 1. The monoisotopic (exact) mass is 430 g/mol. The Hall–Kier alpha value is -2.81. The highest BCUT2D eigenvalue weighted by molar-refractivity contribution is 6.30. The number of ether oxygens (including phenoxy) is 1. The van der Waals surface area contributed by atoms with E-state index < -0.39 is 43.5 Å². The number of alkyl halides is 3. The van der Waals surface area contributed by atoms with Crippen LogP contribution in [-0.2, 0) is 16.1 Å². The van der Waals surface area contributed by atoms with Crippen LogP contribution in [0.5, 0.6) is 0 Å². The van der Waals surface area contributed by atoms with Gasteiger partial charge < -0.3 is 14.6 Å². The number of carbonyl (C=O) groups excluding carboxylic acids is 3. The highest BCUT2D eigenvalue weighted by Crippen LogP contribution is 2.23. The normalized spacial score (nSPS) is 11.2. The molecular formula is C19H18ClF3N2O4. The summed E-state index contributed by atoms with van der Waals surface area (Å²) in [5.74, 6) is -2.02. The molecule has 0 fully saturated rings. The lowest BCUT2D eigenvalue weighted by atomic mass is 10.1. The average molecular weight is 431 g/mol. The fourth-order valence-electron chi connectivity index (χ4n) is 2.64. The van der Waals surface area contributed by atoms with Gasteiger partial charge in [0.1, 0.15) is 13.1 Å². The van der Waals surface area contributed by atoms with E-state index in [0.717, 1.165) is 4.57 Å². The molecule has 1 amide bonds. The molecule has 1 N–H and O–H groups in total. The van der Waals surface area contributed by atoms with Crippen LogP contribution < -0.4 is 5.32 Å². The molecule has 0 aliphatic rings. The van der Waals surface area contributed by atoms with E-state index in [-0.39, 0.29) is 22.5 Å². The summed E-state index contributed by atoms with van der Waals surface area (Å²) >= 11 is 5.72. The number of nitrogens with zero attached hydrogens (tertiary/aromatic N) is 1. The van der Waals surface area contributed by atoms with Crippen molar-refractivity contribution in [3.8, 4) is 0 Å². The van der Waals surface area contributed by atoms with Gasteiger partial charge in [-0.2, -0.15) is 13.2 Å². The Balaban J connectivity index is 1.89. The van der Waals surface area contributed by atoms with Gasteiger partial charge in [0.15, 0.2) is 6.61 Å². The van der Waals surface area contributed by atoms with Gasteiger partial charge in [-0.05, 0) is 44.2 Å². The maximum atomic E-state index is 12.6. The molecule has 2 rings (SSSR count). The molecule has 0 bridgehead atoms. The Morgan fingerprint density at radius 2 is 1.76 bits per heavy atom. The summed E-state index contributed by atoms with van der Waals surface area (Å²) in [7, 11) is 0. The van der Waals surface area contributed by atoms with Crippen LogP contribution in [-0.4, -0.2) is 41.6 Å². The standard InChI is InChI=1S/C19H18ClF3N2O4/c1-11-7-15(12(2)25(11)10-19(21,22)23)16(26)9-29-17(27)8-24-18(28)13-3-5-14(20)6-4-13/h3-7H,8-10H2,1-2H3,(H,24,28). The summed E-state index contributed by atoms with van der Waals surface area (Å²) < 4.78 is 43.7. The third kappa shape index (κ3) is 6.35. The van der Waals surface area contributed by atoms with Gasteiger partial charge in [-0.1, -0.05) is 11.6 Å². The largest absolute Gasteiger partial charge is 0.456 e.